The van der Waals surface area contributed by atoms with Crippen LogP contribution in [0.1, 0.15) is 22.3 Å². The molecule has 4 aromatic rings. The van der Waals surface area contributed by atoms with Crippen LogP contribution in [0.4, 0.5) is 5.69 Å². The number of nitrogens with zero attached hydrogens (tertiary/aromatic N) is 1. The lowest BCUT2D eigenvalue weighted by Crippen LogP contribution is -2.13. The summed E-state index contributed by atoms with van der Waals surface area (Å²) in [6.45, 7) is 4.43. The number of fused-ring (bicyclic) bond motifs is 1. The average molecular weight is 588 g/mol. The highest BCUT2D eigenvalue weighted by Gasteiger charge is 2.15. The molecule has 0 unspecified atom stereocenters. The molecule has 0 radical (unpaired) electrons. The normalized spacial score (nSPS) is 11.1. The van der Waals surface area contributed by atoms with Crippen molar-refractivity contribution in [1.82, 2.24) is 0 Å². The Balaban J connectivity index is 1.58. The highest BCUT2D eigenvalue weighted by atomic mass is 127. The maximum absolute atomic E-state index is 12.7. The van der Waals surface area contributed by atoms with Gasteiger partial charge in [0.2, 0.25) is 0 Å². The van der Waals surface area contributed by atoms with Crippen LogP contribution in [0.5, 0.6) is 11.5 Å². The van der Waals surface area contributed by atoms with Crippen LogP contribution >= 0.6 is 22.6 Å². The fourth-order valence-corrected chi connectivity index (χ4v) is 4.68. The summed E-state index contributed by atoms with van der Waals surface area (Å²) in [5, 5.41) is 14.7. The summed E-state index contributed by atoms with van der Waals surface area (Å²) in [4.78, 5) is 12.7. The fraction of sp³-hybridized carbons (Fsp3) is 0.133. The zero-order chi connectivity index (χ0) is 25.7. The molecule has 0 aliphatic rings. The van der Waals surface area contributed by atoms with Crippen molar-refractivity contribution in [2.24, 2.45) is 0 Å². The number of aryl methyl sites for hydroxylation is 2. The van der Waals surface area contributed by atoms with E-state index in [-0.39, 0.29) is 5.57 Å². The van der Waals surface area contributed by atoms with Crippen LogP contribution in [0.15, 0.2) is 78.4 Å². The van der Waals surface area contributed by atoms with E-state index in [4.69, 9.17) is 9.47 Å². The smallest absolute Gasteiger partial charge is 0.266 e. The van der Waals surface area contributed by atoms with Crippen molar-refractivity contribution < 1.29 is 14.3 Å². The minimum Gasteiger partial charge on any atom is -0.493 e. The molecule has 0 saturated carbocycles. The van der Waals surface area contributed by atoms with E-state index < -0.39 is 5.91 Å². The fourth-order valence-electron chi connectivity index (χ4n) is 3.89. The van der Waals surface area contributed by atoms with Crippen LogP contribution in [0, 0.1) is 28.7 Å². The molecule has 0 heterocycles. The van der Waals surface area contributed by atoms with Gasteiger partial charge in [0, 0.05) is 11.3 Å². The van der Waals surface area contributed by atoms with Gasteiger partial charge in [0.15, 0.2) is 11.5 Å². The molecule has 0 atom stereocenters. The first-order chi connectivity index (χ1) is 17.4. The number of carbonyl (C=O) groups is 1. The van der Waals surface area contributed by atoms with E-state index in [2.05, 4.69) is 59.1 Å². The Kier molecular flexibility index (Phi) is 7.91. The minimum absolute atomic E-state index is 0.00604. The van der Waals surface area contributed by atoms with Crippen LogP contribution < -0.4 is 14.8 Å². The minimum atomic E-state index is -0.470. The Labute approximate surface area is 224 Å². The predicted octanol–water partition coefficient (Wildman–Crippen LogP) is 7.19. The number of ether oxygens (including phenoxy) is 2. The van der Waals surface area contributed by atoms with Crippen LogP contribution in [-0.2, 0) is 11.4 Å². The zero-order valence-electron chi connectivity index (χ0n) is 20.3. The molecule has 1 N–H and O–H groups in total. The lowest BCUT2D eigenvalue weighted by molar-refractivity contribution is -0.112. The summed E-state index contributed by atoms with van der Waals surface area (Å²) < 4.78 is 12.7. The first-order valence-electron chi connectivity index (χ1n) is 11.4. The SMILES string of the molecule is COc1cc(/C=C(\C#N)C(=O)Nc2ccc(C)cc2)cc(I)c1OCc1c(C)ccc2ccccc12. The molecule has 180 valence electrons. The maximum atomic E-state index is 12.7. The summed E-state index contributed by atoms with van der Waals surface area (Å²) >= 11 is 2.18. The predicted molar refractivity (Wildman–Crippen MR) is 152 cm³/mol. The molecule has 0 saturated heterocycles. The second kappa shape index (κ2) is 11.3. The summed E-state index contributed by atoms with van der Waals surface area (Å²) in [5.74, 6) is 0.676. The van der Waals surface area contributed by atoms with Crippen LogP contribution in [0.3, 0.4) is 0 Å². The summed E-state index contributed by atoms with van der Waals surface area (Å²) in [6, 6.07) is 25.5. The first-order valence-corrected chi connectivity index (χ1v) is 12.4. The number of hydrogen-bond donors (Lipinski definition) is 1. The Hall–Kier alpha value is -3.83. The van der Waals surface area contributed by atoms with Gasteiger partial charge in [-0.05, 0) is 88.7 Å². The Bertz CT molecular complexity index is 1500. The molecule has 1 amide bonds. The average Bonchev–Trinajstić information content (AvgIpc) is 2.88. The van der Waals surface area contributed by atoms with Gasteiger partial charge in [0.05, 0.1) is 10.7 Å². The van der Waals surface area contributed by atoms with Gasteiger partial charge in [-0.3, -0.25) is 4.79 Å². The largest absolute Gasteiger partial charge is 0.493 e. The molecular weight excluding hydrogens is 563 g/mol. The van der Waals surface area contributed by atoms with E-state index in [1.54, 1.807) is 31.4 Å². The molecule has 6 heteroatoms. The molecule has 0 fully saturated rings. The monoisotopic (exact) mass is 588 g/mol. The van der Waals surface area contributed by atoms with E-state index in [1.165, 1.54) is 0 Å². The van der Waals surface area contributed by atoms with E-state index in [9.17, 15) is 10.1 Å². The quantitative estimate of drug-likeness (QED) is 0.141. The third kappa shape index (κ3) is 5.69. The molecule has 0 aliphatic carbocycles. The third-order valence-corrected chi connectivity index (χ3v) is 6.67. The number of anilines is 1. The zero-order valence-corrected chi connectivity index (χ0v) is 22.4. The number of rotatable bonds is 7. The van der Waals surface area contributed by atoms with E-state index in [0.717, 1.165) is 31.0 Å². The molecule has 0 aliphatic heterocycles. The molecule has 4 aromatic carbocycles. The molecular formula is C30H25IN2O3. The molecule has 36 heavy (non-hydrogen) atoms. The van der Waals surface area contributed by atoms with Crippen molar-refractivity contribution in [3.8, 4) is 17.6 Å². The summed E-state index contributed by atoms with van der Waals surface area (Å²) in [7, 11) is 1.57. The second-order valence-corrected chi connectivity index (χ2v) is 9.56. The van der Waals surface area contributed by atoms with Gasteiger partial charge < -0.3 is 14.8 Å². The summed E-state index contributed by atoms with van der Waals surface area (Å²) in [6.07, 6.45) is 1.55. The highest BCUT2D eigenvalue weighted by molar-refractivity contribution is 14.1. The number of hydrogen-bond acceptors (Lipinski definition) is 4. The van der Waals surface area contributed by atoms with Crippen molar-refractivity contribution in [2.75, 3.05) is 12.4 Å². The van der Waals surface area contributed by atoms with Crippen LogP contribution in [0.25, 0.3) is 16.8 Å². The lowest BCUT2D eigenvalue weighted by Gasteiger charge is -2.16. The topological polar surface area (TPSA) is 71.3 Å². The number of halogens is 1. The van der Waals surface area contributed by atoms with Crippen molar-refractivity contribution in [3.63, 3.8) is 0 Å². The van der Waals surface area contributed by atoms with E-state index >= 15 is 0 Å². The van der Waals surface area contributed by atoms with Crippen molar-refractivity contribution >= 4 is 51.0 Å². The Morgan fingerprint density at radius 1 is 1.06 bits per heavy atom. The Morgan fingerprint density at radius 2 is 1.81 bits per heavy atom. The molecule has 4 rings (SSSR count). The van der Waals surface area contributed by atoms with E-state index in [1.807, 2.05) is 43.3 Å². The van der Waals surface area contributed by atoms with Gasteiger partial charge in [-0.15, -0.1) is 0 Å². The molecule has 0 spiro atoms. The van der Waals surface area contributed by atoms with E-state index in [0.29, 0.717) is 29.4 Å². The Morgan fingerprint density at radius 3 is 2.53 bits per heavy atom. The van der Waals surface area contributed by atoms with Gasteiger partial charge in [-0.1, -0.05) is 54.1 Å². The third-order valence-electron chi connectivity index (χ3n) is 5.87. The molecule has 0 bridgehead atoms. The number of nitrogens with one attached hydrogen (secondary N) is 1. The number of benzene rings is 4. The number of methoxy groups -OCH3 is 1. The lowest BCUT2D eigenvalue weighted by atomic mass is 10.0. The van der Waals surface area contributed by atoms with Gasteiger partial charge in [0.1, 0.15) is 18.2 Å². The van der Waals surface area contributed by atoms with Gasteiger partial charge in [0.25, 0.3) is 5.91 Å². The molecule has 5 nitrogen and oxygen atoms in total. The van der Waals surface area contributed by atoms with Gasteiger partial charge in [-0.2, -0.15) is 5.26 Å². The van der Waals surface area contributed by atoms with Gasteiger partial charge >= 0.3 is 0 Å². The van der Waals surface area contributed by atoms with Crippen molar-refractivity contribution in [3.05, 3.63) is 104 Å². The number of nitriles is 1. The van der Waals surface area contributed by atoms with Crippen molar-refractivity contribution in [2.45, 2.75) is 20.5 Å². The number of carbonyl (C=O) groups excluding carboxylic acids is 1. The maximum Gasteiger partial charge on any atom is 0.266 e. The molecule has 0 aromatic heterocycles. The first kappa shape index (κ1) is 25.3. The summed E-state index contributed by atoms with van der Waals surface area (Å²) in [5.41, 5.74) is 4.65. The van der Waals surface area contributed by atoms with Crippen LogP contribution in [-0.4, -0.2) is 13.0 Å². The second-order valence-electron chi connectivity index (χ2n) is 8.39. The van der Waals surface area contributed by atoms with Gasteiger partial charge in [-0.25, -0.2) is 0 Å². The standard InChI is InChI=1S/C30H25IN2O3/c1-19-8-12-24(13-9-19)33-30(34)23(17-32)14-21-15-27(31)29(28(16-21)35-3)36-18-26-20(2)10-11-22-6-4-5-7-25(22)26/h4-16H,18H2,1-3H3,(H,33,34)/b23-14+. The number of amides is 1. The van der Waals surface area contributed by atoms with Crippen molar-refractivity contribution in [1.29, 1.82) is 5.26 Å². The van der Waals surface area contributed by atoms with Crippen LogP contribution in [0.2, 0.25) is 0 Å². The highest BCUT2D eigenvalue weighted by Crippen LogP contribution is 2.36.